The number of rotatable bonds is 84. The van der Waals surface area contributed by atoms with E-state index in [9.17, 15) is 43.5 Å². The Bertz CT molecular complexity index is 2680. The van der Waals surface area contributed by atoms with E-state index in [4.69, 9.17) is 32.3 Å². The van der Waals surface area contributed by atoms with Crippen molar-refractivity contribution in [3.05, 3.63) is 158 Å². The van der Waals surface area contributed by atoms with Crippen molar-refractivity contribution in [1.29, 1.82) is 0 Å². The predicted molar refractivity (Wildman–Crippen MR) is 472 cm³/mol. The quantitative estimate of drug-likeness (QED) is 0.0146. The lowest BCUT2D eigenvalue weighted by Crippen LogP contribution is -2.30. The number of phosphoric ester groups is 2. The maximum Gasteiger partial charge on any atom is 0.472 e. The fraction of sp³-hybridized carbons (Fsp3) is 0.695. The van der Waals surface area contributed by atoms with Gasteiger partial charge < -0.3 is 34.2 Å². The lowest BCUT2D eigenvalue weighted by molar-refractivity contribution is -0.161. The molecule has 0 saturated carbocycles. The minimum atomic E-state index is -4.94. The summed E-state index contributed by atoms with van der Waals surface area (Å²) in [5.74, 6) is -1.58. The smallest absolute Gasteiger partial charge is 0.463 e. The van der Waals surface area contributed by atoms with Crippen molar-refractivity contribution < 1.29 is 75.8 Å². The van der Waals surface area contributed by atoms with E-state index < -0.39 is 91.5 Å². The number of phosphoric acid groups is 2. The van der Waals surface area contributed by atoms with Gasteiger partial charge in [0, 0.05) is 19.3 Å². The monoisotopic (exact) mass is 1620 g/mol. The predicted octanol–water partition coefficient (Wildman–Crippen LogP) is 27.3. The van der Waals surface area contributed by atoms with Crippen LogP contribution in [0.25, 0.3) is 0 Å². The van der Waals surface area contributed by atoms with Crippen molar-refractivity contribution in [2.24, 2.45) is 0 Å². The molecular formula is C95H162O16P2. The summed E-state index contributed by atoms with van der Waals surface area (Å²) >= 11 is 0. The molecule has 0 rings (SSSR count). The minimum Gasteiger partial charge on any atom is -0.463 e. The van der Waals surface area contributed by atoms with Crippen LogP contribution in [0.1, 0.15) is 367 Å². The number of hydrogen-bond donors (Lipinski definition) is 4. The van der Waals surface area contributed by atoms with Gasteiger partial charge in [0.05, 0.1) is 26.4 Å². The highest BCUT2D eigenvalue weighted by Gasteiger charge is 2.29. The van der Waals surface area contributed by atoms with Gasteiger partial charge in [0.25, 0.3) is 0 Å². The first kappa shape index (κ1) is 108. The molecule has 0 bridgehead atoms. The number of carbonyl (C=O) groups excluding carboxylic acids is 3. The highest BCUT2D eigenvalue weighted by atomic mass is 31.2. The molecule has 0 aromatic heterocycles. The van der Waals surface area contributed by atoms with Crippen LogP contribution in [-0.2, 0) is 55.8 Å². The van der Waals surface area contributed by atoms with Crippen LogP contribution < -0.4 is 0 Å². The number of aliphatic hydroxyl groups excluding tert-OH is 2. The largest absolute Gasteiger partial charge is 0.472 e. The number of carbonyl (C=O) groups is 3. The average Bonchev–Trinajstić information content (AvgIpc) is 0.903. The second kappa shape index (κ2) is 86.5. The van der Waals surface area contributed by atoms with Gasteiger partial charge in [0.15, 0.2) is 6.10 Å². The molecule has 0 spiro atoms. The van der Waals surface area contributed by atoms with Gasteiger partial charge in [-0.2, -0.15) is 0 Å². The zero-order valence-electron chi connectivity index (χ0n) is 71.3. The summed E-state index contributed by atoms with van der Waals surface area (Å²) in [5.41, 5.74) is 0. The Kier molecular flexibility index (Phi) is 82.8. The van der Waals surface area contributed by atoms with E-state index in [1.807, 2.05) is 0 Å². The second-order valence-corrected chi connectivity index (χ2v) is 32.5. The van der Waals surface area contributed by atoms with Crippen LogP contribution in [0.3, 0.4) is 0 Å². The Balaban J connectivity index is 4.43. The van der Waals surface area contributed by atoms with Gasteiger partial charge in [-0.1, -0.05) is 359 Å². The number of unbranched alkanes of at least 4 members (excludes halogenated alkanes) is 35. The molecule has 16 nitrogen and oxygen atoms in total. The summed E-state index contributed by atoms with van der Waals surface area (Å²) in [6.07, 6.45) is 110. The maximum atomic E-state index is 13.0. The molecule has 18 heteroatoms. The second-order valence-electron chi connectivity index (χ2n) is 29.6. The molecule has 0 aromatic carbocycles. The fourth-order valence-corrected chi connectivity index (χ4v) is 13.6. The zero-order chi connectivity index (χ0) is 82.2. The molecular weight excluding hydrogens is 1460 g/mol. The van der Waals surface area contributed by atoms with Gasteiger partial charge in [-0.15, -0.1) is 0 Å². The topological polar surface area (TPSA) is 231 Å². The van der Waals surface area contributed by atoms with E-state index in [1.54, 1.807) is 0 Å². The molecule has 0 aromatic rings. The lowest BCUT2D eigenvalue weighted by atomic mass is 10.0. The van der Waals surface area contributed by atoms with Crippen LogP contribution >= 0.6 is 15.6 Å². The fourth-order valence-electron chi connectivity index (χ4n) is 12.0. The Morgan fingerprint density at radius 1 is 0.257 bits per heavy atom. The summed E-state index contributed by atoms with van der Waals surface area (Å²) in [4.78, 5) is 58.8. The van der Waals surface area contributed by atoms with Crippen molar-refractivity contribution in [2.45, 2.75) is 386 Å². The van der Waals surface area contributed by atoms with E-state index in [2.05, 4.69) is 179 Å². The van der Waals surface area contributed by atoms with Gasteiger partial charge in [-0.05, 0) is 148 Å². The Labute approximate surface area is 689 Å². The van der Waals surface area contributed by atoms with Gasteiger partial charge in [0.1, 0.15) is 25.4 Å². The third kappa shape index (κ3) is 87.8. The molecule has 0 aliphatic carbocycles. The van der Waals surface area contributed by atoms with Crippen LogP contribution in [0.4, 0.5) is 0 Å². The van der Waals surface area contributed by atoms with Crippen molar-refractivity contribution in [2.75, 3.05) is 39.6 Å². The van der Waals surface area contributed by atoms with Crippen LogP contribution in [0.5, 0.6) is 0 Å². The molecule has 648 valence electrons. The van der Waals surface area contributed by atoms with Crippen molar-refractivity contribution in [1.82, 2.24) is 0 Å². The molecule has 0 radical (unpaired) electrons. The maximum absolute atomic E-state index is 13.0. The molecule has 0 heterocycles. The third-order valence-corrected chi connectivity index (χ3v) is 20.6. The molecule has 4 N–H and O–H groups in total. The lowest BCUT2D eigenvalue weighted by Gasteiger charge is -2.21. The molecule has 0 fully saturated rings. The van der Waals surface area contributed by atoms with E-state index in [0.717, 1.165) is 173 Å². The van der Waals surface area contributed by atoms with Crippen molar-refractivity contribution in [3.63, 3.8) is 0 Å². The SMILES string of the molecule is CC/C=C\C/C=C\C/C=C\C/C=C\C/C=C\C/C=C\CCCCCCCCCCCCCCCCC(=O)OCC(O)COP(=O)(O)OCC(O)COP(=O)(O)OCC(COC(=O)CCCCCCCCCCCCCC/C=C\C/C=C\C/C=C\C/C=C\C/C=C\C/C=C\CC)OC(=O)CCCCCCC/C=C\CCCCCC. The number of esters is 3. The molecule has 5 unspecified atom stereocenters. The van der Waals surface area contributed by atoms with Gasteiger partial charge in [-0.3, -0.25) is 32.5 Å². The first-order chi connectivity index (χ1) is 55.2. The summed E-state index contributed by atoms with van der Waals surface area (Å²) in [7, 11) is -9.80. The van der Waals surface area contributed by atoms with Gasteiger partial charge >= 0.3 is 33.6 Å². The summed E-state index contributed by atoms with van der Waals surface area (Å²) < 4.78 is 61.3. The normalized spacial score (nSPS) is 14.6. The minimum absolute atomic E-state index is 0.0926. The summed E-state index contributed by atoms with van der Waals surface area (Å²) in [6, 6.07) is 0. The Morgan fingerprint density at radius 3 is 0.752 bits per heavy atom. The van der Waals surface area contributed by atoms with Crippen LogP contribution in [0.15, 0.2) is 158 Å². The number of allylic oxidation sites excluding steroid dienone is 26. The third-order valence-electron chi connectivity index (χ3n) is 18.7. The van der Waals surface area contributed by atoms with E-state index in [0.29, 0.717) is 19.3 Å². The Hall–Kier alpha value is -4.83. The number of ether oxygens (including phenoxy) is 3. The van der Waals surface area contributed by atoms with Crippen molar-refractivity contribution >= 4 is 33.6 Å². The number of aliphatic hydroxyl groups is 2. The standard InChI is InChI=1S/C95H162O16P2/c1-4-7-10-13-16-19-22-25-27-29-31-33-35-37-39-41-43-44-46-48-49-51-53-55-57-59-61-64-66-69-72-75-78-81-93(98)105-84-90(96)85-107-112(101,102)108-86-91(97)87-109-113(103,104)110-89-92(111-95(100)83-80-77-74-71-68-63-24-21-18-15-12-9-6-3)88-106-94(99)82-79-76-73-70-67-65-62-60-58-56-54-52-50-47-45-42-40-38-36-34-32-30-28-26-23-20-17-14-11-8-5-2/h7-8,10-11,16-17,19-21,24-28,31-34,37-40,43-45,47,90-92,96-97H,4-6,9,12-15,18,22-23,29-30,35-36,41-42,46,48-89H2,1-3H3,(H,101,102)(H,103,104)/b10-7-,11-8-,19-16-,20-17-,24-21-,27-25-,28-26-,33-31-,34-32-,39-37-,40-38-,44-43-,47-45-. The highest BCUT2D eigenvalue weighted by Crippen LogP contribution is 2.45. The number of hydrogen-bond acceptors (Lipinski definition) is 14. The molecule has 5 atom stereocenters. The molecule has 0 amide bonds. The van der Waals surface area contributed by atoms with E-state index in [1.165, 1.54) is 135 Å². The Morgan fingerprint density at radius 2 is 0.469 bits per heavy atom. The van der Waals surface area contributed by atoms with Crippen LogP contribution in [0.2, 0.25) is 0 Å². The molecule has 0 aliphatic rings. The molecule has 0 saturated heterocycles. The van der Waals surface area contributed by atoms with E-state index >= 15 is 0 Å². The summed E-state index contributed by atoms with van der Waals surface area (Å²) in [6.45, 7) is 2.46. The summed E-state index contributed by atoms with van der Waals surface area (Å²) in [5, 5.41) is 20.7. The van der Waals surface area contributed by atoms with Crippen LogP contribution in [-0.4, -0.2) is 95.9 Å². The van der Waals surface area contributed by atoms with Gasteiger partial charge in [0.2, 0.25) is 0 Å². The van der Waals surface area contributed by atoms with Gasteiger partial charge in [-0.25, -0.2) is 9.13 Å². The first-order valence-corrected chi connectivity index (χ1v) is 47.8. The highest BCUT2D eigenvalue weighted by molar-refractivity contribution is 7.47. The van der Waals surface area contributed by atoms with Crippen LogP contribution in [0, 0.1) is 0 Å². The average molecular weight is 1620 g/mol. The first-order valence-electron chi connectivity index (χ1n) is 44.8. The molecule has 113 heavy (non-hydrogen) atoms. The van der Waals surface area contributed by atoms with Crippen molar-refractivity contribution in [3.8, 4) is 0 Å². The molecule has 0 aliphatic heterocycles. The zero-order valence-corrected chi connectivity index (χ0v) is 73.0. The van der Waals surface area contributed by atoms with E-state index in [-0.39, 0.29) is 19.3 Å².